The maximum absolute atomic E-state index is 12.2. The molecule has 0 aliphatic heterocycles. The third kappa shape index (κ3) is 4.56. The molecule has 2 aromatic rings. The van der Waals surface area contributed by atoms with Crippen molar-refractivity contribution in [3.63, 3.8) is 0 Å². The van der Waals surface area contributed by atoms with Crippen LogP contribution in [0, 0.1) is 5.92 Å². The van der Waals surface area contributed by atoms with Crippen LogP contribution in [-0.4, -0.2) is 37.9 Å². The van der Waals surface area contributed by atoms with Crippen molar-refractivity contribution in [2.75, 3.05) is 11.9 Å². The molecule has 0 saturated heterocycles. The first-order chi connectivity index (χ1) is 10.9. The molecule has 8 nitrogen and oxygen atoms in total. The summed E-state index contributed by atoms with van der Waals surface area (Å²) in [6.07, 6.45) is 4.43. The van der Waals surface area contributed by atoms with Crippen molar-refractivity contribution in [3.8, 4) is 0 Å². The van der Waals surface area contributed by atoms with Crippen LogP contribution in [0.15, 0.2) is 18.6 Å². The van der Waals surface area contributed by atoms with Crippen LogP contribution < -0.4 is 10.6 Å². The molecule has 0 saturated carbocycles. The molecule has 23 heavy (non-hydrogen) atoms. The van der Waals surface area contributed by atoms with Gasteiger partial charge in [-0.05, 0) is 5.92 Å². The number of hydrogen-bond donors (Lipinski definition) is 2. The molecule has 0 aliphatic carbocycles. The lowest BCUT2D eigenvalue weighted by atomic mass is 10.2. The fourth-order valence-electron chi connectivity index (χ4n) is 1.94. The Morgan fingerprint density at radius 2 is 2.04 bits per heavy atom. The van der Waals surface area contributed by atoms with E-state index < -0.39 is 0 Å². The second kappa shape index (κ2) is 7.28. The van der Waals surface area contributed by atoms with E-state index in [4.69, 9.17) is 11.6 Å². The zero-order valence-electron chi connectivity index (χ0n) is 13.2. The Morgan fingerprint density at radius 1 is 1.30 bits per heavy atom. The van der Waals surface area contributed by atoms with Crippen molar-refractivity contribution in [1.29, 1.82) is 0 Å². The van der Waals surface area contributed by atoms with E-state index in [9.17, 15) is 9.59 Å². The van der Waals surface area contributed by atoms with Gasteiger partial charge < -0.3 is 10.6 Å². The van der Waals surface area contributed by atoms with Crippen molar-refractivity contribution in [3.05, 3.63) is 29.3 Å². The van der Waals surface area contributed by atoms with E-state index >= 15 is 0 Å². The van der Waals surface area contributed by atoms with Gasteiger partial charge in [0.05, 0.1) is 23.1 Å². The van der Waals surface area contributed by atoms with Crippen molar-refractivity contribution in [1.82, 2.24) is 24.9 Å². The fourth-order valence-corrected chi connectivity index (χ4v) is 2.10. The highest BCUT2D eigenvalue weighted by Gasteiger charge is 2.18. The summed E-state index contributed by atoms with van der Waals surface area (Å²) in [5, 5.41) is 13.9. The molecule has 0 aromatic carbocycles. The minimum Gasteiger partial charge on any atom is -0.350 e. The Morgan fingerprint density at radius 3 is 2.65 bits per heavy atom. The molecule has 2 N–H and O–H groups in total. The van der Waals surface area contributed by atoms with Gasteiger partial charge in [0.15, 0.2) is 0 Å². The summed E-state index contributed by atoms with van der Waals surface area (Å²) in [6, 6.07) is 0. The predicted octanol–water partition coefficient (Wildman–Crippen LogP) is 1.29. The highest BCUT2D eigenvalue weighted by atomic mass is 35.5. The molecule has 0 bridgehead atoms. The first-order valence-corrected chi connectivity index (χ1v) is 7.52. The van der Waals surface area contributed by atoms with Gasteiger partial charge in [0.2, 0.25) is 5.91 Å². The maximum atomic E-state index is 12.2. The van der Waals surface area contributed by atoms with Crippen molar-refractivity contribution >= 4 is 29.1 Å². The molecular formula is C14H19ClN6O2. The lowest BCUT2D eigenvalue weighted by Crippen LogP contribution is -2.30. The first kappa shape index (κ1) is 17.0. The number of anilines is 1. The van der Waals surface area contributed by atoms with Crippen LogP contribution in [0.3, 0.4) is 0 Å². The molecule has 0 unspecified atom stereocenters. The van der Waals surface area contributed by atoms with Crippen LogP contribution in [0.4, 0.5) is 5.69 Å². The predicted molar refractivity (Wildman–Crippen MR) is 86.2 cm³/mol. The number of rotatable bonds is 6. The van der Waals surface area contributed by atoms with Crippen LogP contribution >= 0.6 is 11.6 Å². The number of nitrogens with one attached hydrogen (secondary N) is 2. The Balaban J connectivity index is 2.05. The van der Waals surface area contributed by atoms with Crippen molar-refractivity contribution < 1.29 is 9.59 Å². The van der Waals surface area contributed by atoms with E-state index in [0.29, 0.717) is 28.9 Å². The number of nitrogens with zero attached hydrogens (tertiary/aromatic N) is 4. The molecule has 9 heteroatoms. The SMILES string of the molecule is CC(C)CNC(=O)c1c(NC(=O)Cn2cc(Cl)cn2)cnn1C. The van der Waals surface area contributed by atoms with Gasteiger partial charge in [0, 0.05) is 19.8 Å². The molecular weight excluding hydrogens is 320 g/mol. The number of carbonyl (C=O) groups excluding carboxylic acids is 2. The average molecular weight is 339 g/mol. The Labute approximate surface area is 138 Å². The fraction of sp³-hybridized carbons (Fsp3) is 0.429. The highest BCUT2D eigenvalue weighted by Crippen LogP contribution is 2.14. The van der Waals surface area contributed by atoms with Gasteiger partial charge in [-0.15, -0.1) is 0 Å². The zero-order valence-corrected chi connectivity index (χ0v) is 14.0. The van der Waals surface area contributed by atoms with Gasteiger partial charge in [-0.25, -0.2) is 0 Å². The molecule has 0 atom stereocenters. The van der Waals surface area contributed by atoms with E-state index in [1.165, 1.54) is 21.8 Å². The van der Waals surface area contributed by atoms with E-state index in [1.807, 2.05) is 13.8 Å². The van der Waals surface area contributed by atoms with Gasteiger partial charge in [-0.2, -0.15) is 10.2 Å². The van der Waals surface area contributed by atoms with Crippen LogP contribution in [0.1, 0.15) is 24.3 Å². The molecule has 0 fully saturated rings. The Kier molecular flexibility index (Phi) is 5.38. The zero-order chi connectivity index (χ0) is 17.0. The molecule has 0 aliphatic rings. The van der Waals surface area contributed by atoms with Crippen LogP contribution in [-0.2, 0) is 18.4 Å². The second-order valence-corrected chi connectivity index (χ2v) is 5.98. The molecule has 2 aromatic heterocycles. The minimum atomic E-state index is -0.323. The van der Waals surface area contributed by atoms with E-state index in [0.717, 1.165) is 0 Å². The molecule has 0 radical (unpaired) electrons. The summed E-state index contributed by atoms with van der Waals surface area (Å²) in [5.41, 5.74) is 0.662. The third-order valence-electron chi connectivity index (χ3n) is 3.01. The normalized spacial score (nSPS) is 10.8. The lowest BCUT2D eigenvalue weighted by Gasteiger charge is -2.10. The number of hydrogen-bond acceptors (Lipinski definition) is 4. The van der Waals surface area contributed by atoms with Gasteiger partial charge in [0.1, 0.15) is 12.2 Å². The number of carbonyl (C=O) groups is 2. The summed E-state index contributed by atoms with van der Waals surface area (Å²) in [5.74, 6) is -0.276. The van der Waals surface area contributed by atoms with Crippen molar-refractivity contribution in [2.45, 2.75) is 20.4 Å². The second-order valence-electron chi connectivity index (χ2n) is 5.54. The first-order valence-electron chi connectivity index (χ1n) is 7.14. The third-order valence-corrected chi connectivity index (χ3v) is 3.20. The molecule has 124 valence electrons. The lowest BCUT2D eigenvalue weighted by molar-refractivity contribution is -0.116. The topological polar surface area (TPSA) is 93.8 Å². The van der Waals surface area contributed by atoms with Crippen LogP contribution in [0.2, 0.25) is 5.02 Å². The number of halogens is 1. The van der Waals surface area contributed by atoms with Gasteiger partial charge in [-0.1, -0.05) is 25.4 Å². The standard InChI is InChI=1S/C14H19ClN6O2/c1-9(2)4-16-14(23)13-11(6-17-20(13)3)19-12(22)8-21-7-10(15)5-18-21/h5-7,9H,4,8H2,1-3H3,(H,16,23)(H,19,22). The molecule has 2 amide bonds. The van der Waals surface area contributed by atoms with E-state index in [2.05, 4.69) is 20.8 Å². The van der Waals surface area contributed by atoms with Gasteiger partial charge in [0.25, 0.3) is 5.91 Å². The minimum absolute atomic E-state index is 0.00529. The Bertz CT molecular complexity index is 706. The highest BCUT2D eigenvalue weighted by molar-refractivity contribution is 6.30. The average Bonchev–Trinajstić information content (AvgIpc) is 3.02. The maximum Gasteiger partial charge on any atom is 0.271 e. The summed E-state index contributed by atoms with van der Waals surface area (Å²) in [4.78, 5) is 24.3. The summed E-state index contributed by atoms with van der Waals surface area (Å²) in [6.45, 7) is 4.54. The number of amides is 2. The van der Waals surface area contributed by atoms with Gasteiger partial charge >= 0.3 is 0 Å². The summed E-state index contributed by atoms with van der Waals surface area (Å²) < 4.78 is 2.84. The molecule has 0 spiro atoms. The summed E-state index contributed by atoms with van der Waals surface area (Å²) >= 11 is 5.75. The van der Waals surface area contributed by atoms with Crippen LogP contribution in [0.25, 0.3) is 0 Å². The number of aromatic nitrogens is 4. The monoisotopic (exact) mass is 338 g/mol. The number of aryl methyl sites for hydroxylation is 1. The summed E-state index contributed by atoms with van der Waals surface area (Å²) in [7, 11) is 1.65. The smallest absolute Gasteiger partial charge is 0.271 e. The Hall–Kier alpha value is -2.35. The van der Waals surface area contributed by atoms with E-state index in [-0.39, 0.29) is 18.4 Å². The van der Waals surface area contributed by atoms with Crippen molar-refractivity contribution in [2.24, 2.45) is 13.0 Å². The molecule has 2 rings (SSSR count). The quantitative estimate of drug-likeness (QED) is 0.830. The largest absolute Gasteiger partial charge is 0.350 e. The molecule has 2 heterocycles. The van der Waals surface area contributed by atoms with E-state index in [1.54, 1.807) is 13.2 Å². The van der Waals surface area contributed by atoms with Crippen LogP contribution in [0.5, 0.6) is 0 Å². The van der Waals surface area contributed by atoms with Gasteiger partial charge in [-0.3, -0.25) is 19.0 Å².